The molecular formula is C12H12F3N5OS. The Hall–Kier alpha value is -1.97. The Balaban J connectivity index is 1.60. The van der Waals surface area contributed by atoms with E-state index < -0.39 is 11.9 Å². The zero-order valence-corrected chi connectivity index (χ0v) is 12.1. The molecule has 10 heteroatoms. The number of carbonyl (C=O) groups excluding carboxylic acids is 1. The maximum absolute atomic E-state index is 12.6. The van der Waals surface area contributed by atoms with Crippen molar-refractivity contribution in [1.82, 2.24) is 24.5 Å². The van der Waals surface area contributed by atoms with Gasteiger partial charge in [0.1, 0.15) is 5.82 Å². The van der Waals surface area contributed by atoms with Gasteiger partial charge in [-0.2, -0.15) is 13.2 Å². The van der Waals surface area contributed by atoms with Gasteiger partial charge in [0.2, 0.25) is 0 Å². The number of fused-ring (bicyclic) bond motifs is 1. The summed E-state index contributed by atoms with van der Waals surface area (Å²) in [6.07, 6.45) is -2.24. The summed E-state index contributed by atoms with van der Waals surface area (Å²) in [6.45, 7) is 0.795. The molecule has 0 aromatic carbocycles. The summed E-state index contributed by atoms with van der Waals surface area (Å²) >= 11 is 1.08. The first-order valence-electron chi connectivity index (χ1n) is 6.62. The van der Waals surface area contributed by atoms with Crippen molar-refractivity contribution < 1.29 is 18.0 Å². The Bertz CT molecular complexity index is 667. The molecule has 0 bridgehead atoms. The maximum Gasteiger partial charge on any atom is 0.434 e. The van der Waals surface area contributed by atoms with E-state index in [1.165, 1.54) is 4.57 Å². The second-order valence-electron chi connectivity index (χ2n) is 5.10. The Labute approximate surface area is 127 Å². The maximum atomic E-state index is 12.6. The molecule has 6 nitrogen and oxygen atoms in total. The third kappa shape index (κ3) is 3.11. The zero-order valence-electron chi connectivity index (χ0n) is 11.3. The topological polar surface area (TPSA) is 72.7 Å². The van der Waals surface area contributed by atoms with E-state index in [2.05, 4.69) is 19.9 Å². The number of alkyl halides is 3. The van der Waals surface area contributed by atoms with Gasteiger partial charge in [0.05, 0.1) is 0 Å². The molecule has 2 aromatic rings. The third-order valence-corrected chi connectivity index (χ3v) is 4.03. The Morgan fingerprint density at radius 3 is 3.00 bits per heavy atom. The van der Waals surface area contributed by atoms with Crippen molar-refractivity contribution >= 4 is 17.4 Å². The van der Waals surface area contributed by atoms with Crippen LogP contribution in [0, 0.1) is 5.92 Å². The van der Waals surface area contributed by atoms with E-state index in [9.17, 15) is 18.0 Å². The Morgan fingerprint density at radius 2 is 2.32 bits per heavy atom. The van der Waals surface area contributed by atoms with E-state index in [0.29, 0.717) is 31.8 Å². The number of imidazole rings is 1. The second kappa shape index (κ2) is 5.67. The van der Waals surface area contributed by atoms with E-state index in [4.69, 9.17) is 0 Å². The van der Waals surface area contributed by atoms with Gasteiger partial charge >= 0.3 is 6.18 Å². The van der Waals surface area contributed by atoms with Crippen LogP contribution in [0.25, 0.3) is 0 Å². The molecule has 0 saturated carbocycles. The number of rotatable bonds is 3. The average molecular weight is 331 g/mol. The minimum absolute atomic E-state index is 0.0679. The third-order valence-electron chi connectivity index (χ3n) is 3.52. The van der Waals surface area contributed by atoms with Crippen molar-refractivity contribution in [3.63, 3.8) is 0 Å². The molecular weight excluding hydrogens is 319 g/mol. The predicted molar refractivity (Wildman–Crippen MR) is 71.3 cm³/mol. The summed E-state index contributed by atoms with van der Waals surface area (Å²) in [4.78, 5) is 15.4. The van der Waals surface area contributed by atoms with E-state index in [1.54, 1.807) is 5.38 Å². The van der Waals surface area contributed by atoms with Crippen LogP contribution < -0.4 is 5.32 Å². The highest BCUT2D eigenvalue weighted by atomic mass is 32.1. The number of nitrogens with one attached hydrogen (secondary N) is 1. The average Bonchev–Trinajstić information content (AvgIpc) is 3.12. The lowest BCUT2D eigenvalue weighted by molar-refractivity contribution is -0.141. The van der Waals surface area contributed by atoms with Gasteiger partial charge in [-0.05, 0) is 23.9 Å². The van der Waals surface area contributed by atoms with Gasteiger partial charge in [0.15, 0.2) is 11.4 Å². The van der Waals surface area contributed by atoms with Crippen LogP contribution >= 0.6 is 11.5 Å². The van der Waals surface area contributed by atoms with Crippen LogP contribution in [0.1, 0.15) is 28.4 Å². The van der Waals surface area contributed by atoms with Gasteiger partial charge < -0.3 is 9.88 Å². The van der Waals surface area contributed by atoms with Crippen molar-refractivity contribution in [2.45, 2.75) is 25.6 Å². The van der Waals surface area contributed by atoms with Crippen LogP contribution in [0.5, 0.6) is 0 Å². The number of halogens is 3. The largest absolute Gasteiger partial charge is 0.434 e. The summed E-state index contributed by atoms with van der Waals surface area (Å²) in [5.74, 6) is 0.193. The Morgan fingerprint density at radius 1 is 1.50 bits per heavy atom. The molecule has 1 aliphatic heterocycles. The molecule has 1 N–H and O–H groups in total. The monoisotopic (exact) mass is 331 g/mol. The predicted octanol–water partition coefficient (Wildman–Crippen LogP) is 1.75. The SMILES string of the molecule is O=C(NC[C@@H]1CCc2nc(C(F)(F)F)cn2C1)c1csnn1. The van der Waals surface area contributed by atoms with E-state index in [1.807, 2.05) is 0 Å². The first kappa shape index (κ1) is 14.9. The number of hydrogen-bond acceptors (Lipinski definition) is 5. The van der Waals surface area contributed by atoms with E-state index in [0.717, 1.165) is 17.7 Å². The zero-order chi connectivity index (χ0) is 15.7. The first-order valence-corrected chi connectivity index (χ1v) is 7.45. The number of carbonyl (C=O) groups is 1. The first-order chi connectivity index (χ1) is 10.4. The summed E-state index contributed by atoms with van der Waals surface area (Å²) < 4.78 is 43.0. The van der Waals surface area contributed by atoms with Crippen molar-refractivity contribution in [1.29, 1.82) is 0 Å². The minimum atomic E-state index is -4.42. The van der Waals surface area contributed by atoms with Crippen molar-refractivity contribution in [2.75, 3.05) is 6.54 Å². The molecule has 3 heterocycles. The van der Waals surface area contributed by atoms with Crippen LogP contribution in [0.4, 0.5) is 13.2 Å². The fraction of sp³-hybridized carbons (Fsp3) is 0.500. The van der Waals surface area contributed by atoms with Crippen LogP contribution in [0.2, 0.25) is 0 Å². The molecule has 0 saturated heterocycles. The van der Waals surface area contributed by atoms with Crippen LogP contribution in [0.3, 0.4) is 0 Å². The number of hydrogen-bond donors (Lipinski definition) is 1. The van der Waals surface area contributed by atoms with Crippen molar-refractivity contribution in [3.8, 4) is 0 Å². The number of aryl methyl sites for hydroxylation is 1. The summed E-state index contributed by atoms with van der Waals surface area (Å²) in [6, 6.07) is 0. The standard InChI is InChI=1S/C12H12F3N5OS/c13-12(14,15)9-5-20-4-7(1-2-10(20)17-9)3-16-11(21)8-6-22-19-18-8/h5-7H,1-4H2,(H,16,21)/t7-/m0/s1. The molecule has 1 amide bonds. The lowest BCUT2D eigenvalue weighted by atomic mass is 9.99. The van der Waals surface area contributed by atoms with Crippen molar-refractivity contribution in [2.24, 2.45) is 5.92 Å². The molecule has 2 aromatic heterocycles. The summed E-state index contributed by atoms with van der Waals surface area (Å²) in [5.41, 5.74) is -0.607. The van der Waals surface area contributed by atoms with E-state index in [-0.39, 0.29) is 17.5 Å². The van der Waals surface area contributed by atoms with Gasteiger partial charge in [-0.25, -0.2) is 4.98 Å². The highest BCUT2D eigenvalue weighted by molar-refractivity contribution is 7.03. The lowest BCUT2D eigenvalue weighted by Gasteiger charge is -2.23. The second-order valence-corrected chi connectivity index (χ2v) is 5.71. The van der Waals surface area contributed by atoms with Gasteiger partial charge in [-0.3, -0.25) is 4.79 Å². The fourth-order valence-corrected chi connectivity index (χ4v) is 2.85. The number of aromatic nitrogens is 4. The molecule has 0 spiro atoms. The minimum Gasteiger partial charge on any atom is -0.350 e. The molecule has 118 valence electrons. The molecule has 1 atom stereocenters. The molecule has 0 radical (unpaired) electrons. The van der Waals surface area contributed by atoms with Crippen LogP contribution in [0.15, 0.2) is 11.6 Å². The quantitative estimate of drug-likeness (QED) is 0.930. The number of nitrogens with zero attached hydrogens (tertiary/aromatic N) is 4. The van der Waals surface area contributed by atoms with Gasteiger partial charge in [0.25, 0.3) is 5.91 Å². The van der Waals surface area contributed by atoms with Crippen LogP contribution in [-0.4, -0.2) is 31.6 Å². The van der Waals surface area contributed by atoms with Crippen LogP contribution in [-0.2, 0) is 19.1 Å². The fourth-order valence-electron chi connectivity index (χ4n) is 2.41. The molecule has 0 unspecified atom stereocenters. The molecule has 3 rings (SSSR count). The smallest absolute Gasteiger partial charge is 0.350 e. The summed E-state index contributed by atoms with van der Waals surface area (Å²) in [7, 11) is 0. The molecule has 0 aliphatic carbocycles. The molecule has 22 heavy (non-hydrogen) atoms. The normalized spacial score (nSPS) is 18.0. The lowest BCUT2D eigenvalue weighted by Crippen LogP contribution is -2.33. The number of amides is 1. The highest BCUT2D eigenvalue weighted by Crippen LogP contribution is 2.30. The van der Waals surface area contributed by atoms with Crippen molar-refractivity contribution in [3.05, 3.63) is 28.8 Å². The molecule has 1 aliphatic rings. The Kier molecular flexibility index (Phi) is 3.85. The summed E-state index contributed by atoms with van der Waals surface area (Å²) in [5, 5.41) is 7.94. The van der Waals surface area contributed by atoms with Gasteiger partial charge in [0, 0.05) is 31.1 Å². The van der Waals surface area contributed by atoms with E-state index >= 15 is 0 Å². The highest BCUT2D eigenvalue weighted by Gasteiger charge is 2.35. The molecule has 0 fully saturated rings. The van der Waals surface area contributed by atoms with Gasteiger partial charge in [-0.1, -0.05) is 4.49 Å². The van der Waals surface area contributed by atoms with Gasteiger partial charge in [-0.15, -0.1) is 5.10 Å².